The number of aliphatic hydroxyl groups is 1. The third-order valence-electron chi connectivity index (χ3n) is 3.76. The largest absolute Gasteiger partial charge is 0.494 e. The normalized spacial score (nSPS) is 14.1. The Kier molecular flexibility index (Phi) is 7.03. The van der Waals surface area contributed by atoms with Crippen LogP contribution in [0.3, 0.4) is 0 Å². The minimum atomic E-state index is -0.416. The first-order chi connectivity index (χ1) is 9.49. The molecule has 1 aromatic carbocycles. The first-order valence-corrected chi connectivity index (χ1v) is 7.66. The maximum absolute atomic E-state index is 10.1. The number of nitrogens with two attached hydrogens (primary N) is 1. The van der Waals surface area contributed by atoms with Crippen LogP contribution in [0.25, 0.3) is 0 Å². The summed E-state index contributed by atoms with van der Waals surface area (Å²) >= 11 is 0. The van der Waals surface area contributed by atoms with Crippen molar-refractivity contribution in [3.63, 3.8) is 0 Å². The van der Waals surface area contributed by atoms with Crippen molar-refractivity contribution >= 4 is 0 Å². The lowest BCUT2D eigenvalue weighted by molar-refractivity contribution is 0.131. The summed E-state index contributed by atoms with van der Waals surface area (Å²) in [4.78, 5) is 0. The second kappa shape index (κ2) is 8.28. The molecule has 1 rings (SSSR count). The third kappa shape index (κ3) is 4.80. The van der Waals surface area contributed by atoms with Gasteiger partial charge in [-0.05, 0) is 62.8 Å². The monoisotopic (exact) mass is 279 g/mol. The molecule has 2 atom stereocenters. The standard InChI is InChI=1S/C17H29NO2/c1-5-7-15(18)16(19)9-8-14-10-13(4)17(20-6-2)11-12(14)3/h10-11,15-16,19H,5-9,18H2,1-4H3. The Hall–Kier alpha value is -1.06. The predicted molar refractivity (Wildman–Crippen MR) is 84.3 cm³/mol. The minimum absolute atomic E-state index is 0.107. The van der Waals surface area contributed by atoms with Crippen LogP contribution in [-0.2, 0) is 6.42 Å². The highest BCUT2D eigenvalue weighted by molar-refractivity contribution is 5.41. The average Bonchev–Trinajstić information content (AvgIpc) is 2.41. The fourth-order valence-electron chi connectivity index (χ4n) is 2.47. The first kappa shape index (κ1) is 17.0. The van der Waals surface area contributed by atoms with E-state index < -0.39 is 6.10 Å². The molecule has 0 amide bonds. The maximum Gasteiger partial charge on any atom is 0.122 e. The van der Waals surface area contributed by atoms with Gasteiger partial charge in [-0.2, -0.15) is 0 Å². The van der Waals surface area contributed by atoms with E-state index in [1.54, 1.807) is 0 Å². The van der Waals surface area contributed by atoms with Gasteiger partial charge in [0.15, 0.2) is 0 Å². The molecule has 114 valence electrons. The molecule has 3 N–H and O–H groups in total. The first-order valence-electron chi connectivity index (χ1n) is 7.66. The zero-order valence-electron chi connectivity index (χ0n) is 13.3. The van der Waals surface area contributed by atoms with Crippen molar-refractivity contribution in [2.24, 2.45) is 5.73 Å². The molecule has 0 aliphatic rings. The highest BCUT2D eigenvalue weighted by Gasteiger charge is 2.14. The van der Waals surface area contributed by atoms with Gasteiger partial charge in [0.2, 0.25) is 0 Å². The third-order valence-corrected chi connectivity index (χ3v) is 3.76. The van der Waals surface area contributed by atoms with Crippen molar-refractivity contribution in [3.8, 4) is 5.75 Å². The number of aryl methyl sites for hydroxylation is 3. The lowest BCUT2D eigenvalue weighted by Crippen LogP contribution is -2.34. The number of hydrogen-bond acceptors (Lipinski definition) is 3. The Morgan fingerprint density at radius 2 is 1.85 bits per heavy atom. The van der Waals surface area contributed by atoms with Gasteiger partial charge in [0.05, 0.1) is 12.7 Å². The SMILES string of the molecule is CCCC(N)C(O)CCc1cc(C)c(OCC)cc1C. The molecule has 3 nitrogen and oxygen atoms in total. The van der Waals surface area contributed by atoms with E-state index >= 15 is 0 Å². The Bertz CT molecular complexity index is 418. The molecule has 0 heterocycles. The van der Waals surface area contributed by atoms with Crippen LogP contribution in [0.5, 0.6) is 5.75 Å². The highest BCUT2D eigenvalue weighted by Crippen LogP contribution is 2.24. The van der Waals surface area contributed by atoms with Gasteiger partial charge in [-0.3, -0.25) is 0 Å². The summed E-state index contributed by atoms with van der Waals surface area (Å²) < 4.78 is 5.60. The number of aliphatic hydroxyl groups excluding tert-OH is 1. The van der Waals surface area contributed by atoms with Crippen molar-refractivity contribution in [1.82, 2.24) is 0 Å². The molecular formula is C17H29NO2. The summed E-state index contributed by atoms with van der Waals surface area (Å²) in [6, 6.07) is 4.15. The fourth-order valence-corrected chi connectivity index (χ4v) is 2.47. The van der Waals surface area contributed by atoms with Crippen LogP contribution in [-0.4, -0.2) is 23.9 Å². The van der Waals surface area contributed by atoms with Crippen LogP contribution in [0.1, 0.15) is 49.8 Å². The summed E-state index contributed by atoms with van der Waals surface area (Å²) in [5.41, 5.74) is 9.60. The summed E-state index contributed by atoms with van der Waals surface area (Å²) in [7, 11) is 0. The topological polar surface area (TPSA) is 55.5 Å². The number of hydrogen-bond donors (Lipinski definition) is 2. The van der Waals surface area contributed by atoms with Crippen molar-refractivity contribution in [2.45, 2.75) is 65.5 Å². The summed E-state index contributed by atoms with van der Waals surface area (Å²) in [6.07, 6.45) is 3.05. The van der Waals surface area contributed by atoms with Crippen molar-refractivity contribution in [1.29, 1.82) is 0 Å². The van der Waals surface area contributed by atoms with Gasteiger partial charge in [0, 0.05) is 6.04 Å². The smallest absolute Gasteiger partial charge is 0.122 e. The van der Waals surface area contributed by atoms with Gasteiger partial charge in [-0.15, -0.1) is 0 Å². The Labute approximate surface area is 123 Å². The molecule has 0 radical (unpaired) electrons. The van der Waals surface area contributed by atoms with E-state index in [4.69, 9.17) is 10.5 Å². The van der Waals surface area contributed by atoms with E-state index in [0.29, 0.717) is 6.61 Å². The van der Waals surface area contributed by atoms with Gasteiger partial charge in [0.25, 0.3) is 0 Å². The van der Waals surface area contributed by atoms with E-state index in [-0.39, 0.29) is 6.04 Å². The summed E-state index contributed by atoms with van der Waals surface area (Å²) in [5.74, 6) is 0.956. The average molecular weight is 279 g/mol. The molecule has 0 aliphatic carbocycles. The van der Waals surface area contributed by atoms with Gasteiger partial charge >= 0.3 is 0 Å². The van der Waals surface area contributed by atoms with E-state index in [1.807, 2.05) is 6.92 Å². The molecule has 0 aliphatic heterocycles. The van der Waals surface area contributed by atoms with E-state index in [0.717, 1.165) is 37.0 Å². The molecule has 0 saturated carbocycles. The summed E-state index contributed by atoms with van der Waals surface area (Å²) in [5, 5.41) is 10.1. The van der Waals surface area contributed by atoms with Crippen LogP contribution in [0, 0.1) is 13.8 Å². The van der Waals surface area contributed by atoms with Gasteiger partial charge < -0.3 is 15.6 Å². The van der Waals surface area contributed by atoms with Gasteiger partial charge in [-0.1, -0.05) is 19.4 Å². The molecule has 3 heteroatoms. The van der Waals surface area contributed by atoms with Gasteiger partial charge in [0.1, 0.15) is 5.75 Å². The Morgan fingerprint density at radius 3 is 2.45 bits per heavy atom. The molecule has 0 saturated heterocycles. The Morgan fingerprint density at radius 1 is 1.15 bits per heavy atom. The molecule has 0 fully saturated rings. The zero-order chi connectivity index (χ0) is 15.1. The summed E-state index contributed by atoms with van der Waals surface area (Å²) in [6.45, 7) is 8.92. The Balaban J connectivity index is 2.66. The molecule has 2 unspecified atom stereocenters. The van der Waals surface area contributed by atoms with Crippen LogP contribution in [0.4, 0.5) is 0 Å². The highest BCUT2D eigenvalue weighted by atomic mass is 16.5. The van der Waals surface area contributed by atoms with Crippen LogP contribution < -0.4 is 10.5 Å². The molecule has 1 aromatic rings. The molecule has 0 spiro atoms. The lowest BCUT2D eigenvalue weighted by atomic mass is 9.96. The fraction of sp³-hybridized carbons (Fsp3) is 0.647. The molecule has 0 aromatic heterocycles. The second-order valence-electron chi connectivity index (χ2n) is 5.54. The molecule has 20 heavy (non-hydrogen) atoms. The van der Waals surface area contributed by atoms with E-state index in [1.165, 1.54) is 11.1 Å². The van der Waals surface area contributed by atoms with E-state index in [2.05, 4.69) is 32.9 Å². The maximum atomic E-state index is 10.1. The van der Waals surface area contributed by atoms with Crippen LogP contribution in [0.15, 0.2) is 12.1 Å². The van der Waals surface area contributed by atoms with Crippen molar-refractivity contribution in [2.75, 3.05) is 6.61 Å². The predicted octanol–water partition coefficient (Wildman–Crippen LogP) is 3.12. The van der Waals surface area contributed by atoms with Crippen molar-refractivity contribution in [3.05, 3.63) is 28.8 Å². The van der Waals surface area contributed by atoms with Crippen LogP contribution in [0.2, 0.25) is 0 Å². The van der Waals surface area contributed by atoms with Gasteiger partial charge in [-0.25, -0.2) is 0 Å². The molecular weight excluding hydrogens is 250 g/mol. The number of benzene rings is 1. The minimum Gasteiger partial charge on any atom is -0.494 e. The lowest BCUT2D eigenvalue weighted by Gasteiger charge is -2.19. The van der Waals surface area contributed by atoms with Crippen molar-refractivity contribution < 1.29 is 9.84 Å². The quantitative estimate of drug-likeness (QED) is 0.768. The van der Waals surface area contributed by atoms with Crippen LogP contribution >= 0.6 is 0 Å². The number of rotatable bonds is 8. The van der Waals surface area contributed by atoms with E-state index in [9.17, 15) is 5.11 Å². The number of ether oxygens (including phenoxy) is 1. The second-order valence-corrected chi connectivity index (χ2v) is 5.54. The molecule has 0 bridgehead atoms. The zero-order valence-corrected chi connectivity index (χ0v) is 13.3.